The molecule has 0 saturated heterocycles. The summed E-state index contributed by atoms with van der Waals surface area (Å²) in [5.74, 6) is -0.810. The van der Waals surface area contributed by atoms with Crippen LogP contribution in [0.5, 0.6) is 0 Å². The van der Waals surface area contributed by atoms with Crippen molar-refractivity contribution in [1.82, 2.24) is 0 Å². The summed E-state index contributed by atoms with van der Waals surface area (Å²) in [4.78, 5) is 16.0. The van der Waals surface area contributed by atoms with Gasteiger partial charge in [-0.1, -0.05) is 6.07 Å². The average Bonchev–Trinajstić information content (AvgIpc) is 2.60. The number of hydrogen-bond acceptors (Lipinski definition) is 3. The van der Waals surface area contributed by atoms with E-state index in [-0.39, 0.29) is 11.4 Å². The second kappa shape index (κ2) is 8.50. The van der Waals surface area contributed by atoms with Crippen LogP contribution in [0.3, 0.4) is 0 Å². The molecule has 0 aliphatic carbocycles. The van der Waals surface area contributed by atoms with E-state index in [9.17, 15) is 23.1 Å². The molecule has 0 heterocycles. The van der Waals surface area contributed by atoms with E-state index in [1.807, 2.05) is 24.3 Å². The number of aliphatic hydroxyl groups is 1. The molecular weight excluding hydrogens is 488 g/mol. The zero-order valence-corrected chi connectivity index (χ0v) is 16.9. The maximum absolute atomic E-state index is 13.0. The largest absolute Gasteiger partial charge is 0.407 e. The molecule has 1 atom stereocenters. The van der Waals surface area contributed by atoms with Gasteiger partial charge in [0.1, 0.15) is 5.60 Å². The lowest BCUT2D eigenvalue weighted by Crippen LogP contribution is -2.42. The zero-order chi connectivity index (χ0) is 20.2. The van der Waals surface area contributed by atoms with Crippen LogP contribution in [-0.2, 0) is 11.0 Å². The first-order valence-corrected chi connectivity index (χ1v) is 9.60. The van der Waals surface area contributed by atoms with Crippen molar-refractivity contribution in [3.05, 3.63) is 63.0 Å². The molecule has 0 radical (unpaired) electrons. The van der Waals surface area contributed by atoms with Gasteiger partial charge in [0.25, 0.3) is 5.91 Å². The van der Waals surface area contributed by atoms with Crippen LogP contribution in [0.1, 0.15) is 12.5 Å². The molecule has 0 aromatic heterocycles. The molecule has 2 aromatic carbocycles. The second-order valence-electron chi connectivity index (χ2n) is 5.81. The van der Waals surface area contributed by atoms with Crippen LogP contribution in [0, 0.1) is 10.1 Å². The number of nitrogens with zero attached hydrogens (tertiary/aromatic N) is 1. The van der Waals surface area contributed by atoms with Crippen molar-refractivity contribution >= 4 is 51.6 Å². The summed E-state index contributed by atoms with van der Waals surface area (Å²) in [5, 5.41) is 12.7. The minimum Gasteiger partial charge on any atom is -0.379 e. The van der Waals surface area contributed by atoms with Crippen LogP contribution in [0.4, 0.5) is 24.5 Å². The fourth-order valence-electron chi connectivity index (χ4n) is 2.02. The number of halogens is 4. The summed E-state index contributed by atoms with van der Waals surface area (Å²) in [7, 11) is 0. The smallest absolute Gasteiger partial charge is 0.379 e. The monoisotopic (exact) mass is 502 g/mol. The zero-order valence-electron chi connectivity index (χ0n) is 14.0. The molecular formula is C18H14F3IN2O2S. The number of carbonyl (C=O) groups excluding carboxylic acids is 1. The highest BCUT2D eigenvalue weighted by Crippen LogP contribution is 2.38. The first kappa shape index (κ1) is 21.5. The fraction of sp³-hybridized carbons (Fsp3) is 0.222. The molecule has 0 aliphatic rings. The van der Waals surface area contributed by atoms with Crippen molar-refractivity contribution in [3.63, 3.8) is 0 Å². The molecule has 9 heteroatoms. The minimum atomic E-state index is -4.72. The van der Waals surface area contributed by atoms with Gasteiger partial charge in [0, 0.05) is 19.9 Å². The fourth-order valence-corrected chi connectivity index (χ4v) is 3.29. The van der Waals surface area contributed by atoms with Crippen LogP contribution in [0.15, 0.2) is 47.4 Å². The number of carbonyl (C=O) groups is 1. The topological polar surface area (TPSA) is 53.7 Å². The lowest BCUT2D eigenvalue weighted by Gasteiger charge is -2.22. The number of nitrogens with one attached hydrogen (secondary N) is 1. The van der Waals surface area contributed by atoms with Gasteiger partial charge >= 0.3 is 6.18 Å². The van der Waals surface area contributed by atoms with Crippen molar-refractivity contribution in [2.24, 2.45) is 0 Å². The molecule has 27 heavy (non-hydrogen) atoms. The van der Waals surface area contributed by atoms with E-state index < -0.39 is 28.9 Å². The Balaban J connectivity index is 2.11. The van der Waals surface area contributed by atoms with E-state index in [0.29, 0.717) is 6.07 Å². The van der Waals surface area contributed by atoms with Crippen LogP contribution >= 0.6 is 34.4 Å². The maximum Gasteiger partial charge on any atom is 0.407 e. The molecule has 2 N–H and O–H groups in total. The van der Waals surface area contributed by atoms with Gasteiger partial charge in [-0.15, -0.1) is 11.8 Å². The maximum atomic E-state index is 13.0. The van der Waals surface area contributed by atoms with Gasteiger partial charge in [-0.05, 0) is 65.9 Å². The molecule has 0 fully saturated rings. The van der Waals surface area contributed by atoms with E-state index in [1.54, 1.807) is 0 Å². The molecule has 4 nitrogen and oxygen atoms in total. The first-order chi connectivity index (χ1) is 12.5. The summed E-state index contributed by atoms with van der Waals surface area (Å²) >= 11 is 3.41. The van der Waals surface area contributed by atoms with Crippen LogP contribution in [0.2, 0.25) is 0 Å². The quantitative estimate of drug-likeness (QED) is 0.330. The Bertz CT molecular complexity index is 878. The Kier molecular flexibility index (Phi) is 6.77. The van der Waals surface area contributed by atoms with E-state index in [0.717, 1.165) is 14.5 Å². The minimum absolute atomic E-state index is 0.0195. The Morgan fingerprint density at radius 1 is 1.26 bits per heavy atom. The van der Waals surface area contributed by atoms with E-state index in [2.05, 4.69) is 32.8 Å². The second-order valence-corrected chi connectivity index (χ2v) is 8.11. The predicted octanol–water partition coefficient (Wildman–Crippen LogP) is 5.34. The highest BCUT2D eigenvalue weighted by Gasteiger charge is 2.35. The Hall–Kier alpha value is -1.77. The van der Waals surface area contributed by atoms with Crippen molar-refractivity contribution in [3.8, 4) is 0 Å². The van der Waals surface area contributed by atoms with Crippen molar-refractivity contribution in [2.45, 2.75) is 23.6 Å². The molecule has 2 aromatic rings. The van der Waals surface area contributed by atoms with Crippen LogP contribution < -0.4 is 5.32 Å². The number of benzene rings is 2. The predicted molar refractivity (Wildman–Crippen MR) is 107 cm³/mol. The lowest BCUT2D eigenvalue weighted by molar-refractivity contribution is -0.137. The highest BCUT2D eigenvalue weighted by molar-refractivity contribution is 14.1. The molecule has 2 rings (SSSR count). The molecule has 0 unspecified atom stereocenters. The molecule has 0 saturated carbocycles. The number of hydrogen-bond donors (Lipinski definition) is 2. The lowest BCUT2D eigenvalue weighted by atomic mass is 10.1. The first-order valence-electron chi connectivity index (χ1n) is 7.54. The van der Waals surface area contributed by atoms with Crippen LogP contribution in [-0.4, -0.2) is 22.4 Å². The Morgan fingerprint density at radius 2 is 1.89 bits per heavy atom. The van der Waals surface area contributed by atoms with E-state index in [1.165, 1.54) is 24.8 Å². The third-order valence-electron chi connectivity index (χ3n) is 3.50. The Labute approximate surface area is 172 Å². The van der Waals surface area contributed by atoms with Crippen LogP contribution in [0.25, 0.3) is 4.85 Å². The number of thioether (sulfide) groups is 1. The Morgan fingerprint density at radius 3 is 2.44 bits per heavy atom. The molecule has 0 bridgehead atoms. The summed E-state index contributed by atoms with van der Waals surface area (Å²) in [6.45, 7) is 8.11. The molecule has 0 spiro atoms. The van der Waals surface area contributed by atoms with E-state index >= 15 is 0 Å². The number of anilines is 1. The van der Waals surface area contributed by atoms with Gasteiger partial charge in [-0.3, -0.25) is 4.79 Å². The van der Waals surface area contributed by atoms with Gasteiger partial charge in [-0.25, -0.2) is 4.85 Å². The van der Waals surface area contributed by atoms with Crippen molar-refractivity contribution in [2.75, 3.05) is 11.1 Å². The van der Waals surface area contributed by atoms with Crippen molar-refractivity contribution < 1.29 is 23.1 Å². The standard InChI is InChI=1S/C18H14F3IN2O2S/c1-17(26,10-27-13-6-3-11(22)4-7-13)16(25)24-12-5-8-15(23-2)14(9-12)18(19,20)21/h3-9,26H,10H2,1H3,(H,24,25)/t17-/m0/s1/i22-4. The third-order valence-corrected chi connectivity index (χ3v) is 5.53. The van der Waals surface area contributed by atoms with Gasteiger partial charge in [0.2, 0.25) is 0 Å². The molecule has 0 aliphatic heterocycles. The van der Waals surface area contributed by atoms with E-state index in [4.69, 9.17) is 6.57 Å². The molecule has 1 amide bonds. The summed E-state index contributed by atoms with van der Waals surface area (Å²) in [5.41, 5.74) is -3.63. The average molecular weight is 502 g/mol. The summed E-state index contributed by atoms with van der Waals surface area (Å²) < 4.78 is 40.1. The normalized spacial score (nSPS) is 13.5. The van der Waals surface area contributed by atoms with Gasteiger partial charge < -0.3 is 10.4 Å². The van der Waals surface area contributed by atoms with Gasteiger partial charge in [0.15, 0.2) is 5.69 Å². The molecule has 142 valence electrons. The SMILES string of the molecule is [C-]#[N+]c1ccc(NC(=O)[C@@](C)(O)CSc2ccc([123I])cc2)cc1C(F)(F)F. The third kappa shape index (κ3) is 5.85. The highest BCUT2D eigenvalue weighted by atomic mass is 123. The number of alkyl halides is 3. The number of amides is 1. The summed E-state index contributed by atoms with van der Waals surface area (Å²) in [6, 6.07) is 10.3. The van der Waals surface area contributed by atoms with Crippen molar-refractivity contribution in [1.29, 1.82) is 0 Å². The number of rotatable bonds is 5. The van der Waals surface area contributed by atoms with Gasteiger partial charge in [0.05, 0.1) is 12.1 Å². The summed E-state index contributed by atoms with van der Waals surface area (Å²) in [6.07, 6.45) is -4.72. The van der Waals surface area contributed by atoms with Gasteiger partial charge in [-0.2, -0.15) is 13.2 Å².